The van der Waals surface area contributed by atoms with E-state index in [1.54, 1.807) is 0 Å². The Morgan fingerprint density at radius 2 is 1.82 bits per heavy atom. The highest BCUT2D eigenvalue weighted by atomic mass is 16.5. The van der Waals surface area contributed by atoms with Crippen LogP contribution in [0.15, 0.2) is 30.5 Å². The zero-order valence-corrected chi connectivity index (χ0v) is 20.8. The fourth-order valence-electron chi connectivity index (χ4n) is 4.46. The van der Waals surface area contributed by atoms with Crippen LogP contribution in [0.25, 0.3) is 27.7 Å². The molecule has 0 saturated heterocycles. The van der Waals surface area contributed by atoms with Crippen LogP contribution in [-0.4, -0.2) is 24.9 Å². The van der Waals surface area contributed by atoms with Gasteiger partial charge in [-0.15, -0.1) is 0 Å². The largest absolute Gasteiger partial charge is 0.424 e. The van der Waals surface area contributed by atoms with Crippen molar-refractivity contribution in [3.05, 3.63) is 36.3 Å². The molecule has 0 aliphatic rings. The number of aromatic nitrogens is 4. The van der Waals surface area contributed by atoms with Crippen LogP contribution in [0, 0.1) is 11.8 Å². The summed E-state index contributed by atoms with van der Waals surface area (Å²) >= 11 is 0. The Morgan fingerprint density at radius 1 is 1.06 bits per heavy atom. The van der Waals surface area contributed by atoms with Crippen LogP contribution in [0.3, 0.4) is 0 Å². The Kier molecular flexibility index (Phi) is 6.73. The Labute approximate surface area is 196 Å². The third-order valence-corrected chi connectivity index (χ3v) is 6.45. The van der Waals surface area contributed by atoms with E-state index in [4.69, 9.17) is 14.7 Å². The van der Waals surface area contributed by atoms with E-state index >= 15 is 0 Å². The van der Waals surface area contributed by atoms with Crippen LogP contribution >= 0.6 is 0 Å². The smallest absolute Gasteiger partial charge is 0.313 e. The fraction of sp³-hybridized carbons (Fsp3) is 0.519. The molecule has 4 aromatic rings. The van der Waals surface area contributed by atoms with Gasteiger partial charge in [0.2, 0.25) is 0 Å². The number of imidazole rings is 1. The molecule has 0 bridgehead atoms. The number of hydrogen-bond acceptors (Lipinski definition) is 4. The van der Waals surface area contributed by atoms with Crippen LogP contribution in [0.2, 0.25) is 0 Å². The monoisotopic (exact) mass is 448 g/mol. The predicted molar refractivity (Wildman–Crippen MR) is 134 cm³/mol. The normalized spacial score (nSPS) is 13.1. The number of benzene rings is 1. The summed E-state index contributed by atoms with van der Waals surface area (Å²) in [6.07, 6.45) is 6.66. The molecule has 0 unspecified atom stereocenters. The molecule has 1 aromatic carbocycles. The standard InChI is InChI=1S/C27H36N4O2/c1-7-9-12-19(8-2)15-30-16-22(33-27(32)18(5)6)23-25(30)29-24(17(3)4)31-21-14-11-10-13-20(21)28-26(23)31/h10-11,13-14,16-19H,7-9,12,15H2,1-6H3/t19-/m0/s1. The molecular formula is C27H36N4O2. The molecule has 0 amide bonds. The second-order valence-electron chi connectivity index (χ2n) is 9.72. The molecule has 0 fully saturated rings. The van der Waals surface area contributed by atoms with Crippen molar-refractivity contribution >= 4 is 33.7 Å². The van der Waals surface area contributed by atoms with E-state index in [9.17, 15) is 4.79 Å². The van der Waals surface area contributed by atoms with E-state index in [-0.39, 0.29) is 17.8 Å². The average Bonchev–Trinajstić information content (AvgIpc) is 3.34. The first-order chi connectivity index (χ1) is 15.8. The van der Waals surface area contributed by atoms with Crippen LogP contribution < -0.4 is 4.74 Å². The molecule has 6 nitrogen and oxygen atoms in total. The number of ether oxygens (including phenoxy) is 1. The van der Waals surface area contributed by atoms with Crippen molar-refractivity contribution in [2.75, 3.05) is 0 Å². The van der Waals surface area contributed by atoms with E-state index in [0.717, 1.165) is 46.5 Å². The molecule has 3 heterocycles. The topological polar surface area (TPSA) is 61.4 Å². The van der Waals surface area contributed by atoms with E-state index in [0.29, 0.717) is 11.7 Å². The van der Waals surface area contributed by atoms with Crippen LogP contribution in [-0.2, 0) is 11.3 Å². The number of fused-ring (bicyclic) bond motifs is 5. The quantitative estimate of drug-likeness (QED) is 0.266. The maximum Gasteiger partial charge on any atom is 0.313 e. The van der Waals surface area contributed by atoms with Crippen LogP contribution in [0.4, 0.5) is 0 Å². The highest BCUT2D eigenvalue weighted by Crippen LogP contribution is 2.36. The van der Waals surface area contributed by atoms with Crippen molar-refractivity contribution in [3.63, 3.8) is 0 Å². The van der Waals surface area contributed by atoms with E-state index in [1.165, 1.54) is 19.3 Å². The first-order valence-corrected chi connectivity index (χ1v) is 12.4. The SMILES string of the molecule is CCCC[C@H](CC)Cn1cc(OC(=O)C(C)C)c2c1nc(C(C)C)n1c3ccccc3nc21. The Balaban J connectivity index is 2.00. The zero-order valence-electron chi connectivity index (χ0n) is 20.8. The molecule has 6 heteroatoms. The first kappa shape index (κ1) is 23.3. The molecule has 0 N–H and O–H groups in total. The second-order valence-corrected chi connectivity index (χ2v) is 9.72. The van der Waals surface area contributed by atoms with Crippen molar-refractivity contribution in [1.29, 1.82) is 0 Å². The number of rotatable bonds is 9. The first-order valence-electron chi connectivity index (χ1n) is 12.4. The lowest BCUT2D eigenvalue weighted by molar-refractivity contribution is -0.137. The summed E-state index contributed by atoms with van der Waals surface area (Å²) in [5.41, 5.74) is 3.59. The molecule has 0 radical (unpaired) electrons. The molecule has 33 heavy (non-hydrogen) atoms. The number of carbonyl (C=O) groups excluding carboxylic acids is 1. The van der Waals surface area contributed by atoms with Crippen molar-refractivity contribution < 1.29 is 9.53 Å². The molecule has 3 aromatic heterocycles. The van der Waals surface area contributed by atoms with Gasteiger partial charge < -0.3 is 9.30 Å². The van der Waals surface area contributed by atoms with Crippen molar-refractivity contribution in [3.8, 4) is 5.75 Å². The summed E-state index contributed by atoms with van der Waals surface area (Å²) in [6, 6.07) is 8.12. The maximum absolute atomic E-state index is 12.6. The zero-order chi connectivity index (χ0) is 23.7. The molecule has 176 valence electrons. The molecular weight excluding hydrogens is 412 g/mol. The minimum absolute atomic E-state index is 0.210. The van der Waals surface area contributed by atoms with Gasteiger partial charge in [-0.3, -0.25) is 9.20 Å². The summed E-state index contributed by atoms with van der Waals surface area (Å²) < 4.78 is 10.2. The van der Waals surface area contributed by atoms with Crippen LogP contribution in [0.1, 0.15) is 79.0 Å². The number of carbonyl (C=O) groups is 1. The highest BCUT2D eigenvalue weighted by molar-refractivity contribution is 6.01. The van der Waals surface area contributed by atoms with Gasteiger partial charge in [0, 0.05) is 18.7 Å². The van der Waals surface area contributed by atoms with Crippen molar-refractivity contribution in [2.45, 2.75) is 79.7 Å². The van der Waals surface area contributed by atoms with Crippen molar-refractivity contribution in [1.82, 2.24) is 18.9 Å². The summed E-state index contributed by atoms with van der Waals surface area (Å²) in [5.74, 6) is 1.82. The van der Waals surface area contributed by atoms with E-state index < -0.39 is 0 Å². The molecule has 4 rings (SSSR count). The van der Waals surface area contributed by atoms with Gasteiger partial charge in [-0.2, -0.15) is 0 Å². The molecule has 0 spiro atoms. The van der Waals surface area contributed by atoms with E-state index in [1.807, 2.05) is 38.2 Å². The minimum atomic E-state index is -0.241. The second kappa shape index (κ2) is 9.54. The minimum Gasteiger partial charge on any atom is -0.424 e. The lowest BCUT2D eigenvalue weighted by Gasteiger charge is -2.16. The van der Waals surface area contributed by atoms with Gasteiger partial charge in [0.15, 0.2) is 11.4 Å². The Bertz CT molecular complexity index is 1280. The fourth-order valence-corrected chi connectivity index (χ4v) is 4.46. The molecule has 0 aliphatic carbocycles. The molecule has 0 aliphatic heterocycles. The highest BCUT2D eigenvalue weighted by Gasteiger charge is 2.24. The average molecular weight is 449 g/mol. The number of hydrogen-bond donors (Lipinski definition) is 0. The third kappa shape index (κ3) is 4.35. The molecule has 1 atom stereocenters. The van der Waals surface area contributed by atoms with Gasteiger partial charge in [-0.25, -0.2) is 9.97 Å². The summed E-state index contributed by atoms with van der Waals surface area (Å²) in [6.45, 7) is 13.4. The number of esters is 1. The van der Waals surface area contributed by atoms with Gasteiger partial charge in [0.25, 0.3) is 0 Å². The summed E-state index contributed by atoms with van der Waals surface area (Å²) in [7, 11) is 0. The Morgan fingerprint density at radius 3 is 2.48 bits per heavy atom. The number of nitrogens with zero attached hydrogens (tertiary/aromatic N) is 4. The van der Waals surface area contributed by atoms with Gasteiger partial charge in [0.1, 0.15) is 16.9 Å². The summed E-state index contributed by atoms with van der Waals surface area (Å²) in [5, 5.41) is 0.815. The predicted octanol–water partition coefficient (Wildman–Crippen LogP) is 6.74. The third-order valence-electron chi connectivity index (χ3n) is 6.45. The number of para-hydroxylation sites is 2. The Hall–Kier alpha value is -2.89. The summed E-state index contributed by atoms with van der Waals surface area (Å²) in [4.78, 5) is 22.7. The van der Waals surface area contributed by atoms with Gasteiger partial charge in [0.05, 0.1) is 17.0 Å². The van der Waals surface area contributed by atoms with Crippen LogP contribution in [0.5, 0.6) is 5.75 Å². The van der Waals surface area contributed by atoms with E-state index in [2.05, 4.69) is 42.7 Å². The van der Waals surface area contributed by atoms with Gasteiger partial charge >= 0.3 is 5.97 Å². The lowest BCUT2D eigenvalue weighted by Crippen LogP contribution is -2.14. The van der Waals surface area contributed by atoms with Crippen molar-refractivity contribution in [2.24, 2.45) is 11.8 Å². The van der Waals surface area contributed by atoms with Gasteiger partial charge in [-0.1, -0.05) is 72.9 Å². The number of unbranched alkanes of at least 4 members (excludes halogenated alkanes) is 1. The molecule has 0 saturated carbocycles. The maximum atomic E-state index is 12.6. The lowest BCUT2D eigenvalue weighted by atomic mass is 9.99. The van der Waals surface area contributed by atoms with Gasteiger partial charge in [-0.05, 0) is 24.5 Å².